The molecule has 1 aliphatic rings. The van der Waals surface area contributed by atoms with Crippen molar-refractivity contribution >= 4 is 63.8 Å². The Bertz CT molecular complexity index is 520. The number of allylic oxidation sites excluding steroid dienone is 2. The number of hydrogen-bond donors (Lipinski definition) is 0. The molecular formula is C10H3Cl5O. The van der Waals surface area contributed by atoms with E-state index in [1.807, 2.05) is 0 Å². The van der Waals surface area contributed by atoms with Crippen LogP contribution in [0.3, 0.4) is 0 Å². The number of rotatable bonds is 0. The Labute approximate surface area is 117 Å². The largest absolute Gasteiger partial charge is 0.288 e. The molecule has 0 aromatic heterocycles. The molecule has 0 saturated heterocycles. The van der Waals surface area contributed by atoms with Crippen LogP contribution in [-0.4, -0.2) is 5.78 Å². The van der Waals surface area contributed by atoms with Gasteiger partial charge in [-0.25, -0.2) is 0 Å². The van der Waals surface area contributed by atoms with Gasteiger partial charge in [0, 0.05) is 11.1 Å². The quantitative estimate of drug-likeness (QED) is 0.604. The lowest BCUT2D eigenvalue weighted by molar-refractivity contribution is 0.103. The fourth-order valence-corrected chi connectivity index (χ4v) is 2.77. The van der Waals surface area contributed by atoms with Gasteiger partial charge in [-0.3, -0.25) is 4.79 Å². The van der Waals surface area contributed by atoms with Gasteiger partial charge in [-0.05, 0) is 12.1 Å². The summed E-state index contributed by atoms with van der Waals surface area (Å²) in [6.07, 6.45) is 0. The molecule has 0 bridgehead atoms. The molecule has 1 nitrogen and oxygen atoms in total. The Morgan fingerprint density at radius 1 is 1.06 bits per heavy atom. The Hall–Kier alpha value is 0.0800. The van der Waals surface area contributed by atoms with Crippen molar-refractivity contribution in [2.75, 3.05) is 0 Å². The summed E-state index contributed by atoms with van der Waals surface area (Å²) in [6, 6.07) is 3.06. The van der Waals surface area contributed by atoms with E-state index in [4.69, 9.17) is 58.0 Å². The van der Waals surface area contributed by atoms with Crippen molar-refractivity contribution in [3.05, 3.63) is 43.4 Å². The van der Waals surface area contributed by atoms with Crippen molar-refractivity contribution < 1.29 is 4.79 Å². The summed E-state index contributed by atoms with van der Waals surface area (Å²) in [5, 5.41) is -0.193. The zero-order valence-corrected chi connectivity index (χ0v) is 11.3. The summed E-state index contributed by atoms with van der Waals surface area (Å²) in [6.45, 7) is 0. The highest BCUT2D eigenvalue weighted by Crippen LogP contribution is 2.46. The van der Waals surface area contributed by atoms with Crippen LogP contribution >= 0.6 is 58.0 Å². The van der Waals surface area contributed by atoms with E-state index in [0.29, 0.717) is 16.1 Å². The fraction of sp³-hybridized carbons (Fsp3) is 0.100. The van der Waals surface area contributed by atoms with E-state index in [0.717, 1.165) is 0 Å². The molecule has 0 saturated carbocycles. The monoisotopic (exact) mass is 314 g/mol. The second-order valence-corrected chi connectivity index (χ2v) is 5.18. The number of benzene rings is 1. The van der Waals surface area contributed by atoms with E-state index < -0.39 is 11.2 Å². The lowest BCUT2D eigenvalue weighted by Gasteiger charge is -2.21. The number of Topliss-reactive ketones (excluding diaryl/α,β-unsaturated/α-hetero) is 1. The molecule has 0 spiro atoms. The highest BCUT2D eigenvalue weighted by atomic mass is 35.5. The zero-order valence-electron chi connectivity index (χ0n) is 7.53. The molecule has 6 heteroatoms. The van der Waals surface area contributed by atoms with E-state index in [-0.39, 0.29) is 15.1 Å². The van der Waals surface area contributed by atoms with Crippen molar-refractivity contribution in [1.82, 2.24) is 0 Å². The summed E-state index contributed by atoms with van der Waals surface area (Å²) in [5.74, 6) is -0.392. The number of alkyl halides is 1. The van der Waals surface area contributed by atoms with Gasteiger partial charge in [0.15, 0.2) is 0 Å². The second kappa shape index (κ2) is 4.40. The molecule has 1 aromatic rings. The highest BCUT2D eigenvalue weighted by molar-refractivity contribution is 6.54. The average molecular weight is 316 g/mol. The van der Waals surface area contributed by atoms with Gasteiger partial charge in [0.25, 0.3) is 0 Å². The Morgan fingerprint density at radius 2 is 1.69 bits per heavy atom. The molecular weight excluding hydrogens is 313 g/mol. The predicted octanol–water partition coefficient (Wildman–Crippen LogP) is 5.16. The molecule has 1 unspecified atom stereocenters. The third-order valence-electron chi connectivity index (χ3n) is 2.26. The van der Waals surface area contributed by atoms with Crippen LogP contribution in [-0.2, 0) is 0 Å². The third-order valence-corrected chi connectivity index (χ3v) is 4.51. The molecule has 0 radical (unpaired) electrons. The smallest absolute Gasteiger partial charge is 0.206 e. The van der Waals surface area contributed by atoms with Crippen LogP contribution < -0.4 is 0 Å². The maximum atomic E-state index is 11.8. The number of ketones is 1. The summed E-state index contributed by atoms with van der Waals surface area (Å²) in [4.78, 5) is 11.8. The summed E-state index contributed by atoms with van der Waals surface area (Å²) in [5.41, 5.74) is 0.749. The number of carbonyl (C=O) groups excluding carboxylic acids is 1. The van der Waals surface area contributed by atoms with Gasteiger partial charge in [-0.2, -0.15) is 0 Å². The molecule has 16 heavy (non-hydrogen) atoms. The van der Waals surface area contributed by atoms with Gasteiger partial charge in [-0.1, -0.05) is 46.4 Å². The normalized spacial score (nSPS) is 20.1. The minimum atomic E-state index is -0.743. The second-order valence-electron chi connectivity index (χ2n) is 3.18. The maximum Gasteiger partial charge on any atom is 0.206 e. The number of fused-ring (bicyclic) bond motifs is 1. The lowest BCUT2D eigenvalue weighted by Crippen LogP contribution is -2.14. The molecule has 1 atom stereocenters. The van der Waals surface area contributed by atoms with E-state index in [9.17, 15) is 4.79 Å². The molecule has 0 fully saturated rings. The number of halogens is 5. The SMILES string of the molecule is O=C1C(Cl)=C(Cl)C(Cl)c2c1ccc(Cl)c2Cl. The number of carbonyl (C=O) groups is 1. The van der Waals surface area contributed by atoms with E-state index in [2.05, 4.69) is 0 Å². The predicted molar refractivity (Wildman–Crippen MR) is 68.1 cm³/mol. The first-order chi connectivity index (χ1) is 7.45. The fourth-order valence-electron chi connectivity index (χ4n) is 1.48. The van der Waals surface area contributed by atoms with Crippen LogP contribution in [0.4, 0.5) is 0 Å². The van der Waals surface area contributed by atoms with Crippen LogP contribution in [0.5, 0.6) is 0 Å². The van der Waals surface area contributed by atoms with Crippen molar-refractivity contribution in [3.8, 4) is 0 Å². The first-order valence-electron chi connectivity index (χ1n) is 4.17. The van der Waals surface area contributed by atoms with Gasteiger partial charge in [0.1, 0.15) is 5.03 Å². The van der Waals surface area contributed by atoms with Crippen LogP contribution in [0, 0.1) is 0 Å². The first-order valence-corrected chi connectivity index (χ1v) is 6.11. The van der Waals surface area contributed by atoms with E-state index in [1.165, 1.54) is 12.1 Å². The minimum Gasteiger partial charge on any atom is -0.288 e. The zero-order chi connectivity index (χ0) is 12.0. The Balaban J connectivity index is 2.76. The standard InChI is InChI=1S/C10H3Cl5O/c11-4-2-1-3-5(6(4)12)7(13)8(14)9(15)10(3)16/h1-2,7H. The van der Waals surface area contributed by atoms with Crippen LogP contribution in [0.2, 0.25) is 10.0 Å². The molecule has 2 rings (SSSR count). The van der Waals surface area contributed by atoms with Crippen LogP contribution in [0.15, 0.2) is 22.2 Å². The van der Waals surface area contributed by atoms with E-state index >= 15 is 0 Å². The summed E-state index contributed by atoms with van der Waals surface area (Å²) < 4.78 is 0. The molecule has 0 heterocycles. The van der Waals surface area contributed by atoms with Gasteiger partial charge < -0.3 is 0 Å². The Morgan fingerprint density at radius 3 is 2.31 bits per heavy atom. The molecule has 0 aliphatic heterocycles. The van der Waals surface area contributed by atoms with Crippen molar-refractivity contribution in [2.45, 2.75) is 5.38 Å². The third kappa shape index (κ3) is 1.75. The topological polar surface area (TPSA) is 17.1 Å². The van der Waals surface area contributed by atoms with Crippen LogP contribution in [0.25, 0.3) is 0 Å². The first kappa shape index (κ1) is 12.5. The summed E-state index contributed by atoms with van der Waals surface area (Å²) in [7, 11) is 0. The van der Waals surface area contributed by atoms with E-state index in [1.54, 1.807) is 0 Å². The highest BCUT2D eigenvalue weighted by Gasteiger charge is 2.33. The van der Waals surface area contributed by atoms with Gasteiger partial charge >= 0.3 is 0 Å². The molecule has 0 N–H and O–H groups in total. The molecule has 1 aliphatic carbocycles. The van der Waals surface area contributed by atoms with Crippen LogP contribution in [0.1, 0.15) is 21.3 Å². The summed E-state index contributed by atoms with van der Waals surface area (Å²) >= 11 is 29.5. The molecule has 0 amide bonds. The van der Waals surface area contributed by atoms with Gasteiger partial charge in [0.05, 0.1) is 20.5 Å². The van der Waals surface area contributed by atoms with Crippen molar-refractivity contribution in [3.63, 3.8) is 0 Å². The molecule has 84 valence electrons. The van der Waals surface area contributed by atoms with Crippen molar-refractivity contribution in [1.29, 1.82) is 0 Å². The van der Waals surface area contributed by atoms with Gasteiger partial charge in [0.2, 0.25) is 5.78 Å². The minimum absolute atomic E-state index is 0.0741. The average Bonchev–Trinajstić information content (AvgIpc) is 2.27. The maximum absolute atomic E-state index is 11.8. The Kier molecular flexibility index (Phi) is 3.44. The molecule has 1 aromatic carbocycles. The lowest BCUT2D eigenvalue weighted by atomic mass is 9.95. The van der Waals surface area contributed by atoms with Gasteiger partial charge in [-0.15, -0.1) is 11.6 Å². The number of hydrogen-bond acceptors (Lipinski definition) is 1. The van der Waals surface area contributed by atoms with Crippen molar-refractivity contribution in [2.24, 2.45) is 0 Å².